The van der Waals surface area contributed by atoms with Crippen LogP contribution in [-0.4, -0.2) is 19.8 Å². The maximum Gasteiger partial charge on any atom is 0.201 e. The second kappa shape index (κ2) is 34.0. The average Bonchev–Trinajstić information content (AvgIpc) is 3.49. The van der Waals surface area contributed by atoms with E-state index in [2.05, 4.69) is 27.7 Å². The average molecular weight is 1120 g/mol. The molecule has 0 spiro atoms. The van der Waals surface area contributed by atoms with Crippen LogP contribution in [0.2, 0.25) is 0 Å². The van der Waals surface area contributed by atoms with Gasteiger partial charge in [-0.15, -0.1) is 0 Å². The van der Waals surface area contributed by atoms with Gasteiger partial charge in [-0.1, -0.05) is 170 Å². The van der Waals surface area contributed by atoms with Crippen molar-refractivity contribution in [1.82, 2.24) is 0 Å². The zero-order valence-corrected chi connectivity index (χ0v) is 47.3. The van der Waals surface area contributed by atoms with E-state index in [1.807, 2.05) is 97.1 Å². The molecule has 0 fully saturated rings. The summed E-state index contributed by atoms with van der Waals surface area (Å²) in [6.07, 6.45) is 10.7. The van der Waals surface area contributed by atoms with Crippen LogP contribution < -0.4 is 14.2 Å². The van der Waals surface area contributed by atoms with Gasteiger partial charge in [0, 0.05) is 22.3 Å². The van der Waals surface area contributed by atoms with E-state index in [0.29, 0.717) is 47.6 Å². The molecule has 0 saturated heterocycles. The fraction of sp³-hybridized carbons (Fsp3) is 0.314. The number of ether oxygens (including phenoxy) is 3. The Morgan fingerprint density at radius 2 is 0.519 bits per heavy atom. The summed E-state index contributed by atoms with van der Waals surface area (Å²) in [7, 11) is 0. The van der Waals surface area contributed by atoms with Crippen LogP contribution in [0.1, 0.15) is 122 Å². The molecule has 81 heavy (non-hydrogen) atoms. The molecule has 0 unspecified atom stereocenters. The Morgan fingerprint density at radius 1 is 0.272 bits per heavy atom. The molecule has 0 bridgehead atoms. The third kappa shape index (κ3) is 18.6. The van der Waals surface area contributed by atoms with Gasteiger partial charge >= 0.3 is 0 Å². The maximum atomic E-state index is 14.1. The first-order chi connectivity index (χ1) is 38.6. The summed E-state index contributed by atoms with van der Waals surface area (Å²) in [5.74, 6) is -7.02. The van der Waals surface area contributed by atoms with Crippen molar-refractivity contribution in [2.24, 2.45) is 0 Å². The molecule has 11 heteroatoms. The smallest absolute Gasteiger partial charge is 0.201 e. The van der Waals surface area contributed by atoms with Gasteiger partial charge in [0.15, 0.2) is 46.3 Å². The fourth-order valence-corrected chi connectivity index (χ4v) is 8.68. The Balaban J connectivity index is 0.000000231. The first-order valence-corrected chi connectivity index (χ1v) is 27.8. The van der Waals surface area contributed by atoms with Gasteiger partial charge in [-0.25, -0.2) is 22.0 Å². The summed E-state index contributed by atoms with van der Waals surface area (Å²) < 4.78 is 126. The lowest BCUT2D eigenvalue weighted by Crippen LogP contribution is -1.98. The molecule has 8 rings (SSSR count). The molecular formula is C70H78F8O3. The number of hydrogen-bond donors (Lipinski definition) is 0. The molecule has 432 valence electrons. The predicted molar refractivity (Wildman–Crippen MR) is 317 cm³/mol. The summed E-state index contributed by atoms with van der Waals surface area (Å²) in [5.41, 5.74) is 9.02. The fourth-order valence-electron chi connectivity index (χ4n) is 8.68. The van der Waals surface area contributed by atoms with Crippen molar-refractivity contribution in [2.75, 3.05) is 19.8 Å². The molecule has 0 aliphatic heterocycles. The van der Waals surface area contributed by atoms with Crippen LogP contribution in [0.4, 0.5) is 35.1 Å². The van der Waals surface area contributed by atoms with Crippen LogP contribution in [-0.2, 0) is 25.7 Å². The molecule has 0 aromatic heterocycles. The quantitative estimate of drug-likeness (QED) is 0.0712. The highest BCUT2D eigenvalue weighted by Gasteiger charge is 2.19. The Hall–Kier alpha value is -7.40. The SMILES string of the molecule is C.CCCCc1ccc(-c2ccc(C)c(F)c2F)cc1.CCCCc1ccc(-c2ccc(OCC)c(F)c2F)cc1.CCCc1ccc(-c2ccc(OCC)c(F)c2F)cc1.CCCc1ccc(-c2ccc(OCC)c(F)c2F)cc1. The molecule has 3 nitrogen and oxygen atoms in total. The molecule has 0 amide bonds. The largest absolute Gasteiger partial charge is 0.491 e. The third-order valence-electron chi connectivity index (χ3n) is 13.1. The predicted octanol–water partition coefficient (Wildman–Crippen LogP) is 21.3. The van der Waals surface area contributed by atoms with Crippen LogP contribution in [0, 0.1) is 53.5 Å². The van der Waals surface area contributed by atoms with Gasteiger partial charge in [0.25, 0.3) is 0 Å². The van der Waals surface area contributed by atoms with Gasteiger partial charge in [0.2, 0.25) is 17.5 Å². The standard InChI is InChI=1S/C18H20F2O.2C17H18F2O.C17H18F2.CH4/c1-3-5-6-13-7-9-14(10-8-13)15-11-12-16(21-4-2)18(20)17(15)19;2*1-3-5-12-6-8-13(9-7-12)14-10-11-15(20-4-2)17(19)16(14)18;1-3-4-5-13-7-9-14(10-8-13)15-11-6-12(2)16(18)17(15)19;/h7-12H,3-6H2,1-2H3;2*6-11H,3-5H2,1-2H3;6-11H,3-5H2,1-2H3;1H4. The Morgan fingerprint density at radius 3 is 0.765 bits per heavy atom. The van der Waals surface area contributed by atoms with E-state index in [1.165, 1.54) is 40.5 Å². The highest BCUT2D eigenvalue weighted by molar-refractivity contribution is 5.68. The second-order valence-electron chi connectivity index (χ2n) is 19.1. The summed E-state index contributed by atoms with van der Waals surface area (Å²) in [5, 5.41) is 0. The van der Waals surface area contributed by atoms with E-state index in [-0.39, 0.29) is 41.4 Å². The van der Waals surface area contributed by atoms with E-state index in [1.54, 1.807) is 58.0 Å². The Labute approximate surface area is 476 Å². The van der Waals surface area contributed by atoms with Crippen molar-refractivity contribution in [2.45, 2.75) is 127 Å². The highest BCUT2D eigenvalue weighted by atomic mass is 19.2. The van der Waals surface area contributed by atoms with Gasteiger partial charge < -0.3 is 14.2 Å². The molecule has 0 heterocycles. The number of rotatable bonds is 20. The lowest BCUT2D eigenvalue weighted by Gasteiger charge is -2.09. The summed E-state index contributed by atoms with van der Waals surface area (Å²) in [6, 6.07) is 42.7. The van der Waals surface area contributed by atoms with Crippen molar-refractivity contribution in [3.8, 4) is 61.8 Å². The lowest BCUT2D eigenvalue weighted by atomic mass is 10.00. The van der Waals surface area contributed by atoms with E-state index in [0.717, 1.165) is 69.8 Å². The van der Waals surface area contributed by atoms with Crippen molar-refractivity contribution in [1.29, 1.82) is 0 Å². The van der Waals surface area contributed by atoms with Crippen LogP contribution >= 0.6 is 0 Å². The topological polar surface area (TPSA) is 27.7 Å². The van der Waals surface area contributed by atoms with Crippen molar-refractivity contribution < 1.29 is 49.3 Å². The van der Waals surface area contributed by atoms with Crippen LogP contribution in [0.15, 0.2) is 146 Å². The Kier molecular flexibility index (Phi) is 27.8. The van der Waals surface area contributed by atoms with Gasteiger partial charge in [0.1, 0.15) is 0 Å². The number of aryl methyl sites for hydroxylation is 5. The molecule has 8 aromatic carbocycles. The molecular weight excluding hydrogens is 1040 g/mol. The van der Waals surface area contributed by atoms with Crippen molar-refractivity contribution in [3.05, 3.63) is 220 Å². The number of unbranched alkanes of at least 4 members (excludes halogenated alkanes) is 2. The minimum Gasteiger partial charge on any atom is -0.491 e. The zero-order valence-electron chi connectivity index (χ0n) is 47.3. The van der Waals surface area contributed by atoms with Crippen molar-refractivity contribution >= 4 is 0 Å². The minimum atomic E-state index is -0.929. The third-order valence-corrected chi connectivity index (χ3v) is 13.1. The molecule has 0 saturated carbocycles. The van der Waals surface area contributed by atoms with E-state index in [4.69, 9.17) is 14.2 Å². The molecule has 0 aliphatic rings. The first kappa shape index (κ1) is 66.1. The van der Waals surface area contributed by atoms with Crippen LogP contribution in [0.5, 0.6) is 17.2 Å². The minimum absolute atomic E-state index is 0. The Bertz CT molecular complexity index is 3050. The van der Waals surface area contributed by atoms with E-state index >= 15 is 0 Å². The van der Waals surface area contributed by atoms with Gasteiger partial charge in [-0.2, -0.15) is 13.2 Å². The monoisotopic (exact) mass is 1120 g/mol. The molecule has 0 radical (unpaired) electrons. The normalized spacial score (nSPS) is 10.5. The summed E-state index contributed by atoms with van der Waals surface area (Å²) in [4.78, 5) is 0. The summed E-state index contributed by atoms with van der Waals surface area (Å²) in [6.45, 7) is 16.2. The molecule has 0 aliphatic carbocycles. The van der Waals surface area contributed by atoms with Crippen LogP contribution in [0.3, 0.4) is 0 Å². The number of hydrogen-bond acceptors (Lipinski definition) is 3. The highest BCUT2D eigenvalue weighted by Crippen LogP contribution is 2.34. The van der Waals surface area contributed by atoms with Gasteiger partial charge in [-0.05, 0) is 153 Å². The second-order valence-corrected chi connectivity index (χ2v) is 19.1. The van der Waals surface area contributed by atoms with Gasteiger partial charge in [0.05, 0.1) is 19.8 Å². The zero-order chi connectivity index (χ0) is 58.1. The molecule has 0 atom stereocenters. The van der Waals surface area contributed by atoms with E-state index in [9.17, 15) is 35.1 Å². The maximum absolute atomic E-state index is 14.1. The number of halogens is 8. The van der Waals surface area contributed by atoms with Crippen molar-refractivity contribution in [3.63, 3.8) is 0 Å². The summed E-state index contributed by atoms with van der Waals surface area (Å²) >= 11 is 0. The van der Waals surface area contributed by atoms with Crippen LogP contribution in [0.25, 0.3) is 44.5 Å². The molecule has 8 aromatic rings. The lowest BCUT2D eigenvalue weighted by molar-refractivity contribution is 0.314. The van der Waals surface area contributed by atoms with Gasteiger partial charge in [-0.3, -0.25) is 0 Å². The molecule has 0 N–H and O–H groups in total. The first-order valence-electron chi connectivity index (χ1n) is 27.8. The van der Waals surface area contributed by atoms with E-state index < -0.39 is 46.5 Å². The number of benzene rings is 8.